The van der Waals surface area contributed by atoms with E-state index in [0.717, 1.165) is 12.1 Å². The van der Waals surface area contributed by atoms with E-state index in [9.17, 15) is 46.1 Å². The zero-order valence-electron chi connectivity index (χ0n) is 40.1. The third-order valence-electron chi connectivity index (χ3n) is 10.9. The molecule has 0 aromatic heterocycles. The molecule has 0 atom stereocenters. The first kappa shape index (κ1) is 57.9. The molecule has 0 spiro atoms. The van der Waals surface area contributed by atoms with Crippen molar-refractivity contribution in [2.24, 2.45) is 25.4 Å². The van der Waals surface area contributed by atoms with E-state index in [-0.39, 0.29) is 104 Å². The quantitative estimate of drug-likeness (QED) is 0.0260. The van der Waals surface area contributed by atoms with Gasteiger partial charge < -0.3 is 30.1 Å². The molecule has 0 radical (unpaired) electrons. The number of rotatable bonds is 14. The van der Waals surface area contributed by atoms with E-state index < -0.39 is 53.3 Å². The Morgan fingerprint density at radius 2 is 1.08 bits per heavy atom. The van der Waals surface area contributed by atoms with E-state index in [1.54, 1.807) is 97.1 Å². The van der Waals surface area contributed by atoms with Gasteiger partial charge in [-0.05, 0) is 122 Å². The first-order valence-corrected chi connectivity index (χ1v) is 25.7. The summed E-state index contributed by atoms with van der Waals surface area (Å²) in [6.45, 7) is 7.58. The molecule has 8 rings (SSSR count). The van der Waals surface area contributed by atoms with Crippen LogP contribution in [0, 0.1) is 13.8 Å². The van der Waals surface area contributed by atoms with Gasteiger partial charge in [-0.25, -0.2) is 0 Å². The topological polar surface area (TPSA) is 284 Å². The molecule has 1 amide bonds. The van der Waals surface area contributed by atoms with Crippen molar-refractivity contribution in [3.05, 3.63) is 166 Å². The summed E-state index contributed by atoms with van der Waals surface area (Å²) in [5.41, 5.74) is 0.250. The number of phenols is 1. The van der Waals surface area contributed by atoms with Crippen LogP contribution in [-0.4, -0.2) is 105 Å². The van der Waals surface area contributed by atoms with E-state index in [2.05, 4.69) is 30.8 Å². The van der Waals surface area contributed by atoms with E-state index >= 15 is 0 Å². The second-order valence-corrected chi connectivity index (χ2v) is 19.4. The predicted molar refractivity (Wildman–Crippen MR) is 284 cm³/mol. The van der Waals surface area contributed by atoms with Crippen LogP contribution in [0.5, 0.6) is 23.0 Å². The first-order chi connectivity index (χ1) is 35.2. The van der Waals surface area contributed by atoms with Gasteiger partial charge in [0.25, 0.3) is 26.1 Å². The Balaban J connectivity index is 0.000000241. The molecule has 0 aliphatic rings. The molecule has 380 valence electrons. The molecule has 0 fully saturated rings. The number of aliphatic imine (C=N–C) groups is 1. The number of nitrogens with one attached hydrogen (secondary N) is 1. The van der Waals surface area contributed by atoms with E-state index in [1.807, 2.05) is 13.8 Å². The van der Waals surface area contributed by atoms with Gasteiger partial charge in [0.1, 0.15) is 38.4 Å². The number of carbonyl (C=O) groups is 1. The van der Waals surface area contributed by atoms with Crippen molar-refractivity contribution in [2.45, 2.75) is 37.5 Å². The van der Waals surface area contributed by atoms with Crippen LogP contribution in [0.2, 0.25) is 10.0 Å². The Morgan fingerprint density at radius 1 is 0.613 bits per heavy atom. The van der Waals surface area contributed by atoms with Crippen molar-refractivity contribution in [3.8, 4) is 23.0 Å². The summed E-state index contributed by atoms with van der Waals surface area (Å²) < 4.78 is 77.7. The standard InChI is InChI=1S/2C26H22ClN3O6S.Ba/c2*1-3-36-18-9-6-8-17(14-18)28-26(32)20-13-16-7-4-5-10-19(16)24(25(20)31)30-29-23-15(2)21(27)11-12-22(23)37(33,34)35;/h2*4-14,31H,3H2,1-2H3,(H,28,32)(H,33,34,35);/q;;+2/p-2. The van der Waals surface area contributed by atoms with Gasteiger partial charge in [-0.2, -0.15) is 21.9 Å². The maximum atomic E-state index is 13.4. The Labute approximate surface area is 481 Å². The molecule has 0 saturated heterocycles. The molecule has 0 heterocycles. The molecule has 8 aromatic rings. The molecule has 4 N–H and O–H groups in total. The number of hydrogen-bond acceptors (Lipinski definition) is 15. The van der Waals surface area contributed by atoms with E-state index in [1.165, 1.54) is 38.1 Å². The van der Waals surface area contributed by atoms with Gasteiger partial charge in [0, 0.05) is 38.6 Å². The number of nitrogens with zero attached hydrogens (tertiary/aromatic N) is 5. The van der Waals surface area contributed by atoms with Crippen LogP contribution < -0.4 is 25.0 Å². The summed E-state index contributed by atoms with van der Waals surface area (Å²) in [6.07, 6.45) is 0. The molecule has 0 saturated carbocycles. The average molecular weight is 1220 g/mol. The number of carbonyl (C=O) groups excluding carboxylic acids is 1. The number of anilines is 1. The predicted octanol–water partition coefficient (Wildman–Crippen LogP) is 11.8. The summed E-state index contributed by atoms with van der Waals surface area (Å²) in [5, 5.41) is 58.7. The molecule has 0 aliphatic heterocycles. The second-order valence-electron chi connectivity index (χ2n) is 15.8. The number of benzene rings is 8. The molecule has 0 bridgehead atoms. The van der Waals surface area contributed by atoms with Crippen LogP contribution in [0.3, 0.4) is 0 Å². The summed E-state index contributed by atoms with van der Waals surface area (Å²) in [4.78, 5) is 16.2. The third-order valence-corrected chi connectivity index (χ3v) is 13.5. The maximum Gasteiger partial charge on any atom is 2.00 e. The SMILES string of the molecule is CCOc1cccc(N=C([O-])c2cc3ccccc3c(N=Nc3c(S(=O)(=O)O)ccc(Cl)c3C)c2[O-])c1.CCOc1cccc(NC(=O)c2cc3ccccc3c(N=Nc3c(S(=O)(=O)O)ccc(Cl)c3C)c2O)c1.[Ba+2]. The van der Waals surface area contributed by atoms with Crippen molar-refractivity contribution >= 4 is 160 Å². The normalized spacial score (nSPS) is 11.9. The van der Waals surface area contributed by atoms with Crippen molar-refractivity contribution in [3.63, 3.8) is 0 Å². The zero-order chi connectivity index (χ0) is 53.5. The van der Waals surface area contributed by atoms with Gasteiger partial charge in [0.2, 0.25) is 0 Å². The fourth-order valence-electron chi connectivity index (χ4n) is 7.34. The number of hydrogen-bond donors (Lipinski definition) is 4. The van der Waals surface area contributed by atoms with Gasteiger partial charge in [0.05, 0.1) is 30.2 Å². The number of halogens is 2. The van der Waals surface area contributed by atoms with Crippen molar-refractivity contribution in [1.82, 2.24) is 0 Å². The molecular weight excluding hydrogens is 1170 g/mol. The van der Waals surface area contributed by atoms with E-state index in [0.29, 0.717) is 57.6 Å². The van der Waals surface area contributed by atoms with Crippen LogP contribution in [0.15, 0.2) is 169 Å². The first-order valence-electron chi connectivity index (χ1n) is 22.1. The van der Waals surface area contributed by atoms with Crippen LogP contribution in [0.4, 0.5) is 34.1 Å². The van der Waals surface area contributed by atoms with Crippen LogP contribution in [0.1, 0.15) is 40.9 Å². The number of azo groups is 2. The molecule has 0 unspecified atom stereocenters. The molecule has 23 heteroatoms. The summed E-state index contributed by atoms with van der Waals surface area (Å²) in [6, 6.07) is 34.7. The van der Waals surface area contributed by atoms with Crippen LogP contribution >= 0.6 is 23.2 Å². The van der Waals surface area contributed by atoms with Crippen molar-refractivity contribution < 1.29 is 55.5 Å². The second kappa shape index (κ2) is 25.0. The Kier molecular flexibility index (Phi) is 19.3. The number of amides is 1. The maximum absolute atomic E-state index is 13.4. The Morgan fingerprint density at radius 3 is 1.61 bits per heavy atom. The van der Waals surface area contributed by atoms with Gasteiger partial charge in [-0.3, -0.25) is 18.9 Å². The molecule has 8 aromatic carbocycles. The van der Waals surface area contributed by atoms with E-state index in [4.69, 9.17) is 32.7 Å². The van der Waals surface area contributed by atoms with Gasteiger partial charge in [-0.1, -0.05) is 89.6 Å². The summed E-state index contributed by atoms with van der Waals surface area (Å²) >= 11 is 12.2. The van der Waals surface area contributed by atoms with Crippen molar-refractivity contribution in [2.75, 3.05) is 18.5 Å². The molecule has 18 nitrogen and oxygen atoms in total. The largest absolute Gasteiger partial charge is 2.00 e. The molecule has 0 aliphatic carbocycles. The smallest absolute Gasteiger partial charge is 0.871 e. The van der Waals surface area contributed by atoms with Crippen LogP contribution in [-0.2, 0) is 20.2 Å². The number of phenolic OH excluding ortho intramolecular Hbond substituents is 1. The number of ether oxygens (including phenoxy) is 2. The van der Waals surface area contributed by atoms with Crippen LogP contribution in [0.25, 0.3) is 21.5 Å². The Bertz CT molecular complexity index is 3830. The Hall–Kier alpha value is -6.41. The van der Waals surface area contributed by atoms with Gasteiger partial charge in [-0.15, -0.1) is 15.3 Å². The third kappa shape index (κ3) is 13.7. The minimum Gasteiger partial charge on any atom is -0.871 e. The average Bonchev–Trinajstić information content (AvgIpc) is 3.35. The number of fused-ring (bicyclic) bond motifs is 2. The minimum absolute atomic E-state index is 0. The van der Waals surface area contributed by atoms with Crippen molar-refractivity contribution in [1.29, 1.82) is 0 Å². The minimum atomic E-state index is -4.66. The zero-order valence-corrected chi connectivity index (χ0v) is 47.7. The summed E-state index contributed by atoms with van der Waals surface area (Å²) in [7, 11) is -9.31. The molecular formula is C52H42BaCl2N6O12S2. The fraction of sp³-hybridized carbons (Fsp3) is 0.115. The van der Waals surface area contributed by atoms with Gasteiger partial charge >= 0.3 is 48.9 Å². The monoisotopic (exact) mass is 1210 g/mol. The fourth-order valence-corrected chi connectivity index (χ4v) is 9.00. The summed E-state index contributed by atoms with van der Waals surface area (Å²) in [5.74, 6) is -1.51. The van der Waals surface area contributed by atoms with Gasteiger partial charge in [0.15, 0.2) is 5.75 Å². The molecule has 75 heavy (non-hydrogen) atoms. The number of aromatic hydroxyl groups is 1.